The van der Waals surface area contributed by atoms with Crippen LogP contribution in [0.15, 0.2) is 23.3 Å². The van der Waals surface area contributed by atoms with Crippen LogP contribution in [0.1, 0.15) is 26.3 Å². The molecule has 7 nitrogen and oxygen atoms in total. The van der Waals surface area contributed by atoms with Crippen LogP contribution >= 0.6 is 0 Å². The number of methoxy groups -OCH3 is 1. The minimum Gasteiger partial charge on any atom is -0.481 e. The maximum atomic E-state index is 12.2. The van der Waals surface area contributed by atoms with E-state index in [4.69, 9.17) is 4.74 Å². The van der Waals surface area contributed by atoms with Crippen LogP contribution in [-0.4, -0.2) is 61.5 Å². The Kier molecular flexibility index (Phi) is 5.69. The molecule has 1 N–H and O–H groups in total. The lowest BCUT2D eigenvalue weighted by Crippen LogP contribution is -2.57. The van der Waals surface area contributed by atoms with Crippen LogP contribution in [0.4, 0.5) is 0 Å². The van der Waals surface area contributed by atoms with E-state index in [9.17, 15) is 8.42 Å². The van der Waals surface area contributed by atoms with Crippen molar-refractivity contribution in [3.05, 3.63) is 23.9 Å². The quantitative estimate of drug-likeness (QED) is 0.643. The first-order valence-corrected chi connectivity index (χ1v) is 9.69. The van der Waals surface area contributed by atoms with Crippen LogP contribution in [0.25, 0.3) is 0 Å². The number of aromatic nitrogens is 1. The van der Waals surface area contributed by atoms with Crippen LogP contribution in [0.5, 0.6) is 5.88 Å². The van der Waals surface area contributed by atoms with Gasteiger partial charge < -0.3 is 15.0 Å². The fourth-order valence-corrected chi connectivity index (χ4v) is 3.91. The van der Waals surface area contributed by atoms with Crippen LogP contribution in [-0.2, 0) is 16.4 Å². The lowest BCUT2D eigenvalue weighted by Gasteiger charge is -2.39. The highest BCUT2D eigenvalue weighted by Crippen LogP contribution is 2.23. The van der Waals surface area contributed by atoms with Gasteiger partial charge in [-0.3, -0.25) is 0 Å². The number of hydrogen-bond donors (Lipinski definition) is 1. The van der Waals surface area contributed by atoms with E-state index in [-0.39, 0.29) is 5.75 Å². The minimum atomic E-state index is -3.07. The summed E-state index contributed by atoms with van der Waals surface area (Å²) in [6.45, 7) is 7.63. The highest BCUT2D eigenvalue weighted by Gasteiger charge is 2.40. The fraction of sp³-hybridized carbons (Fsp3) is 0.625. The number of hydrogen-bond acceptors (Lipinski definition) is 5. The summed E-state index contributed by atoms with van der Waals surface area (Å²) in [6.07, 6.45) is 1.73. The van der Waals surface area contributed by atoms with E-state index in [0.717, 1.165) is 18.1 Å². The molecule has 1 fully saturated rings. The summed E-state index contributed by atoms with van der Waals surface area (Å²) in [5.41, 5.74) is 0.968. The van der Waals surface area contributed by atoms with Gasteiger partial charge in [-0.25, -0.2) is 18.4 Å². The van der Waals surface area contributed by atoms with E-state index in [1.165, 1.54) is 0 Å². The molecule has 1 aliphatic rings. The molecule has 0 saturated carbocycles. The molecule has 0 unspecified atom stereocenters. The number of ether oxygens (including phenoxy) is 1. The number of sulfone groups is 1. The Bertz CT molecular complexity index is 684. The highest BCUT2D eigenvalue weighted by atomic mass is 32.2. The molecule has 0 radical (unpaired) electrons. The van der Waals surface area contributed by atoms with Gasteiger partial charge in [0.25, 0.3) is 0 Å². The van der Waals surface area contributed by atoms with Crippen molar-refractivity contribution in [2.45, 2.75) is 32.1 Å². The largest absolute Gasteiger partial charge is 0.481 e. The SMILES string of the molecule is CCNC(=NCc1ccc(OC)nc1)N1CCS(=O)(=O)C(C)(C)C1. The first kappa shape index (κ1) is 18.5. The Morgan fingerprint density at radius 3 is 2.75 bits per heavy atom. The van der Waals surface area contributed by atoms with Gasteiger partial charge in [0, 0.05) is 31.9 Å². The number of rotatable bonds is 4. The van der Waals surface area contributed by atoms with Crippen LogP contribution in [0.3, 0.4) is 0 Å². The predicted octanol–water partition coefficient (Wildman–Crippen LogP) is 1.06. The number of nitrogens with one attached hydrogen (secondary N) is 1. The van der Waals surface area contributed by atoms with Crippen LogP contribution in [0.2, 0.25) is 0 Å². The van der Waals surface area contributed by atoms with Crippen LogP contribution < -0.4 is 10.1 Å². The van der Waals surface area contributed by atoms with Gasteiger partial charge in [0.05, 0.1) is 24.2 Å². The van der Waals surface area contributed by atoms with Crippen molar-refractivity contribution < 1.29 is 13.2 Å². The van der Waals surface area contributed by atoms with E-state index in [1.54, 1.807) is 33.2 Å². The standard InChI is InChI=1S/C16H26N4O3S/c1-5-17-15(19-11-13-6-7-14(23-4)18-10-13)20-8-9-24(21,22)16(2,3)12-20/h6-7,10H,5,8-9,11-12H2,1-4H3,(H,17,19). The number of guanidine groups is 1. The third kappa shape index (κ3) is 4.17. The molecule has 24 heavy (non-hydrogen) atoms. The second kappa shape index (κ2) is 7.38. The zero-order valence-electron chi connectivity index (χ0n) is 14.7. The molecule has 0 aromatic carbocycles. The molecule has 1 aromatic rings. The molecule has 2 heterocycles. The molecule has 0 spiro atoms. The molecule has 0 aliphatic carbocycles. The molecule has 0 bridgehead atoms. The van der Waals surface area contributed by atoms with Crippen LogP contribution in [0, 0.1) is 0 Å². The molecule has 134 valence electrons. The van der Waals surface area contributed by atoms with Crippen molar-refractivity contribution in [3.8, 4) is 5.88 Å². The Hall–Kier alpha value is -1.83. The molecule has 0 amide bonds. The zero-order valence-corrected chi connectivity index (χ0v) is 15.6. The van der Waals surface area contributed by atoms with Gasteiger partial charge in [0.2, 0.25) is 5.88 Å². The average Bonchev–Trinajstić information content (AvgIpc) is 2.54. The Morgan fingerprint density at radius 2 is 2.21 bits per heavy atom. The van der Waals surface area contributed by atoms with Crippen molar-refractivity contribution in [3.63, 3.8) is 0 Å². The molecule has 8 heteroatoms. The van der Waals surface area contributed by atoms with Crippen molar-refractivity contribution in [2.24, 2.45) is 4.99 Å². The average molecular weight is 354 g/mol. The van der Waals surface area contributed by atoms with Gasteiger partial charge in [0.15, 0.2) is 15.8 Å². The predicted molar refractivity (Wildman–Crippen MR) is 95.0 cm³/mol. The van der Waals surface area contributed by atoms with Crippen molar-refractivity contribution in [1.29, 1.82) is 0 Å². The molecule has 1 aromatic heterocycles. The number of nitrogens with zero attached hydrogens (tertiary/aromatic N) is 3. The molecule has 0 atom stereocenters. The first-order valence-electron chi connectivity index (χ1n) is 8.03. The summed E-state index contributed by atoms with van der Waals surface area (Å²) in [5, 5.41) is 3.25. The molecular weight excluding hydrogens is 328 g/mol. The van der Waals surface area contributed by atoms with Gasteiger partial charge >= 0.3 is 0 Å². The van der Waals surface area contributed by atoms with E-state index in [2.05, 4.69) is 15.3 Å². The molecule has 1 aliphatic heterocycles. The normalized spacial score (nSPS) is 19.8. The monoisotopic (exact) mass is 354 g/mol. The Morgan fingerprint density at radius 1 is 1.46 bits per heavy atom. The van der Waals surface area contributed by atoms with Gasteiger partial charge in [0.1, 0.15) is 0 Å². The summed E-state index contributed by atoms with van der Waals surface area (Å²) < 4.78 is 28.6. The summed E-state index contributed by atoms with van der Waals surface area (Å²) in [5.74, 6) is 1.45. The zero-order chi connectivity index (χ0) is 17.8. The highest BCUT2D eigenvalue weighted by molar-refractivity contribution is 7.92. The van der Waals surface area contributed by atoms with E-state index in [1.807, 2.05) is 17.9 Å². The minimum absolute atomic E-state index is 0.147. The van der Waals surface area contributed by atoms with Crippen molar-refractivity contribution >= 4 is 15.8 Å². The lowest BCUT2D eigenvalue weighted by atomic mass is 10.2. The second-order valence-electron chi connectivity index (χ2n) is 6.38. The summed E-state index contributed by atoms with van der Waals surface area (Å²) in [4.78, 5) is 10.8. The third-order valence-corrected chi connectivity index (χ3v) is 6.63. The van der Waals surface area contributed by atoms with Gasteiger partial charge in [-0.05, 0) is 26.3 Å². The Balaban J connectivity index is 2.13. The molecular formula is C16H26N4O3S. The maximum Gasteiger partial charge on any atom is 0.212 e. The number of aliphatic imine (C=N–C) groups is 1. The maximum absolute atomic E-state index is 12.2. The van der Waals surface area contributed by atoms with Crippen molar-refractivity contribution in [2.75, 3.05) is 32.5 Å². The van der Waals surface area contributed by atoms with Gasteiger partial charge in [-0.2, -0.15) is 0 Å². The van der Waals surface area contributed by atoms with E-state index >= 15 is 0 Å². The smallest absolute Gasteiger partial charge is 0.212 e. The molecule has 1 saturated heterocycles. The van der Waals surface area contributed by atoms with Gasteiger partial charge in [-0.15, -0.1) is 0 Å². The fourth-order valence-electron chi connectivity index (χ4n) is 2.54. The van der Waals surface area contributed by atoms with Crippen molar-refractivity contribution in [1.82, 2.24) is 15.2 Å². The second-order valence-corrected chi connectivity index (χ2v) is 9.12. The topological polar surface area (TPSA) is 83.9 Å². The van der Waals surface area contributed by atoms with E-state index in [0.29, 0.717) is 25.5 Å². The lowest BCUT2D eigenvalue weighted by molar-refractivity contribution is 0.353. The van der Waals surface area contributed by atoms with Gasteiger partial charge in [-0.1, -0.05) is 6.07 Å². The molecule has 2 rings (SSSR count). The third-order valence-electron chi connectivity index (χ3n) is 4.10. The summed E-state index contributed by atoms with van der Waals surface area (Å²) in [7, 11) is -1.49. The number of pyridine rings is 1. The Labute approximate surface area is 144 Å². The van der Waals surface area contributed by atoms with E-state index < -0.39 is 14.6 Å². The summed E-state index contributed by atoms with van der Waals surface area (Å²) in [6, 6.07) is 3.72. The summed E-state index contributed by atoms with van der Waals surface area (Å²) >= 11 is 0. The first-order chi connectivity index (χ1) is 11.3.